The Kier molecular flexibility index (Phi) is 5.05. The zero-order valence-electron chi connectivity index (χ0n) is 15.2. The predicted octanol–water partition coefficient (Wildman–Crippen LogP) is 4.43. The van der Waals surface area contributed by atoms with Crippen molar-refractivity contribution >= 4 is 5.91 Å². The third kappa shape index (κ3) is 3.39. The first-order valence-corrected chi connectivity index (χ1v) is 9.88. The van der Waals surface area contributed by atoms with E-state index in [-0.39, 0.29) is 11.7 Å². The summed E-state index contributed by atoms with van der Waals surface area (Å²) in [6.07, 6.45) is 8.80. The van der Waals surface area contributed by atoms with Crippen LogP contribution in [0.3, 0.4) is 0 Å². The monoisotopic (exact) mass is 355 g/mol. The van der Waals surface area contributed by atoms with Crippen LogP contribution >= 0.6 is 0 Å². The Balaban J connectivity index is 1.74. The van der Waals surface area contributed by atoms with Crippen LogP contribution in [0.4, 0.5) is 4.39 Å². The molecule has 1 fully saturated rings. The molecule has 4 rings (SSSR count). The van der Waals surface area contributed by atoms with Gasteiger partial charge in [0.1, 0.15) is 17.3 Å². The zero-order valence-corrected chi connectivity index (χ0v) is 15.2. The number of benzene rings is 1. The molecule has 0 N–H and O–H groups in total. The van der Waals surface area contributed by atoms with Gasteiger partial charge >= 0.3 is 0 Å². The average Bonchev–Trinajstić information content (AvgIpc) is 2.87. The molecular weight excluding hydrogens is 329 g/mol. The lowest BCUT2D eigenvalue weighted by Crippen LogP contribution is -2.32. The molecule has 2 aliphatic rings. The normalized spacial score (nSPS) is 18.1. The van der Waals surface area contributed by atoms with E-state index in [1.807, 2.05) is 4.90 Å². The molecule has 0 unspecified atom stereocenters. The van der Waals surface area contributed by atoms with Crippen LogP contribution < -0.4 is 0 Å². The van der Waals surface area contributed by atoms with Crippen LogP contribution in [-0.4, -0.2) is 33.4 Å². The molecule has 0 bridgehead atoms. The standard InChI is InChI=1S/C21H26FN3O/c22-17-11-9-16(10-12-17)20-23-19(18-8-4-3-7-15-25(18)20)21(26)24-13-5-1-2-6-14-24/h9-12H,1-8,13-15H2. The van der Waals surface area contributed by atoms with Gasteiger partial charge in [0.25, 0.3) is 5.91 Å². The Hall–Kier alpha value is -2.17. The molecule has 0 spiro atoms. The highest BCUT2D eigenvalue weighted by molar-refractivity contribution is 5.94. The minimum absolute atomic E-state index is 0.0749. The SMILES string of the molecule is O=C(c1nc(-c2ccc(F)cc2)n2c1CCCCC2)N1CCCCCC1. The molecule has 2 aliphatic heterocycles. The number of nitrogens with zero attached hydrogens (tertiary/aromatic N) is 3. The number of imidazole rings is 1. The summed E-state index contributed by atoms with van der Waals surface area (Å²) < 4.78 is 15.5. The summed E-state index contributed by atoms with van der Waals surface area (Å²) in [5, 5.41) is 0. The van der Waals surface area contributed by atoms with Crippen molar-refractivity contribution in [2.75, 3.05) is 13.1 Å². The fraction of sp³-hybridized carbons (Fsp3) is 0.524. The van der Waals surface area contributed by atoms with Crippen LogP contribution in [0.2, 0.25) is 0 Å². The molecule has 5 heteroatoms. The van der Waals surface area contributed by atoms with E-state index in [1.165, 1.54) is 31.4 Å². The molecule has 1 amide bonds. The molecule has 0 saturated carbocycles. The van der Waals surface area contributed by atoms with Crippen LogP contribution in [0.15, 0.2) is 24.3 Å². The number of halogens is 1. The fourth-order valence-electron chi connectivity index (χ4n) is 4.13. The maximum absolute atomic E-state index is 13.3. The van der Waals surface area contributed by atoms with Crippen molar-refractivity contribution in [3.63, 3.8) is 0 Å². The Bertz CT molecular complexity index is 773. The maximum atomic E-state index is 13.3. The van der Waals surface area contributed by atoms with Gasteiger partial charge in [-0.3, -0.25) is 4.79 Å². The largest absolute Gasteiger partial charge is 0.337 e. The summed E-state index contributed by atoms with van der Waals surface area (Å²) >= 11 is 0. The molecule has 0 atom stereocenters. The minimum Gasteiger partial charge on any atom is -0.337 e. The Morgan fingerprint density at radius 2 is 1.54 bits per heavy atom. The van der Waals surface area contributed by atoms with Crippen molar-refractivity contribution in [1.82, 2.24) is 14.5 Å². The second-order valence-electron chi connectivity index (χ2n) is 7.41. The zero-order chi connectivity index (χ0) is 17.9. The number of fused-ring (bicyclic) bond motifs is 1. The summed E-state index contributed by atoms with van der Waals surface area (Å²) in [5.41, 5.74) is 2.56. The smallest absolute Gasteiger partial charge is 0.274 e. The minimum atomic E-state index is -0.253. The van der Waals surface area contributed by atoms with Gasteiger partial charge in [-0.15, -0.1) is 0 Å². The number of hydrogen-bond acceptors (Lipinski definition) is 2. The number of hydrogen-bond donors (Lipinski definition) is 0. The van der Waals surface area contributed by atoms with Crippen LogP contribution in [0.5, 0.6) is 0 Å². The van der Waals surface area contributed by atoms with Gasteiger partial charge in [0.2, 0.25) is 0 Å². The molecule has 1 aromatic heterocycles. The molecule has 26 heavy (non-hydrogen) atoms. The molecule has 138 valence electrons. The number of aromatic nitrogens is 2. The summed E-state index contributed by atoms with van der Waals surface area (Å²) in [7, 11) is 0. The Morgan fingerprint density at radius 1 is 0.885 bits per heavy atom. The fourth-order valence-corrected chi connectivity index (χ4v) is 4.13. The number of amides is 1. The van der Waals surface area contributed by atoms with E-state index in [1.54, 1.807) is 12.1 Å². The lowest BCUT2D eigenvalue weighted by atomic mass is 10.1. The maximum Gasteiger partial charge on any atom is 0.274 e. The summed E-state index contributed by atoms with van der Waals surface area (Å²) in [6, 6.07) is 6.44. The van der Waals surface area contributed by atoms with Gasteiger partial charge < -0.3 is 9.47 Å². The third-order valence-electron chi connectivity index (χ3n) is 5.57. The quantitative estimate of drug-likeness (QED) is 0.799. The average molecular weight is 355 g/mol. The van der Waals surface area contributed by atoms with E-state index in [0.29, 0.717) is 5.69 Å². The van der Waals surface area contributed by atoms with Crippen LogP contribution in [0.1, 0.15) is 61.1 Å². The lowest BCUT2D eigenvalue weighted by molar-refractivity contribution is 0.0755. The first kappa shape index (κ1) is 17.3. The van der Waals surface area contributed by atoms with Gasteiger partial charge in [0.05, 0.1) is 5.69 Å². The summed E-state index contributed by atoms with van der Waals surface area (Å²) in [5.74, 6) is 0.628. The van der Waals surface area contributed by atoms with E-state index < -0.39 is 0 Å². The van der Waals surface area contributed by atoms with Crippen LogP contribution in [0.25, 0.3) is 11.4 Å². The van der Waals surface area contributed by atoms with Gasteiger partial charge in [-0.25, -0.2) is 9.37 Å². The van der Waals surface area contributed by atoms with Gasteiger partial charge in [-0.2, -0.15) is 0 Å². The lowest BCUT2D eigenvalue weighted by Gasteiger charge is -2.19. The summed E-state index contributed by atoms with van der Waals surface area (Å²) in [4.78, 5) is 20.0. The van der Waals surface area contributed by atoms with E-state index in [0.717, 1.165) is 68.8 Å². The van der Waals surface area contributed by atoms with Crippen LogP contribution in [-0.2, 0) is 13.0 Å². The first-order chi connectivity index (χ1) is 12.7. The summed E-state index contributed by atoms with van der Waals surface area (Å²) in [6.45, 7) is 2.54. The number of likely N-dealkylation sites (tertiary alicyclic amines) is 1. The molecule has 1 aromatic carbocycles. The second-order valence-corrected chi connectivity index (χ2v) is 7.41. The highest BCUT2D eigenvalue weighted by atomic mass is 19.1. The third-order valence-corrected chi connectivity index (χ3v) is 5.57. The van der Waals surface area contributed by atoms with Gasteiger partial charge in [0, 0.05) is 25.2 Å². The highest BCUT2D eigenvalue weighted by Gasteiger charge is 2.27. The Labute approximate surface area is 154 Å². The van der Waals surface area contributed by atoms with E-state index in [4.69, 9.17) is 4.98 Å². The number of carbonyl (C=O) groups excluding carboxylic acids is 1. The first-order valence-electron chi connectivity index (χ1n) is 9.88. The van der Waals surface area contributed by atoms with Gasteiger partial charge in [0.15, 0.2) is 0 Å². The van der Waals surface area contributed by atoms with Crippen molar-refractivity contribution in [3.05, 3.63) is 41.5 Å². The van der Waals surface area contributed by atoms with Gasteiger partial charge in [-0.05, 0) is 56.4 Å². The van der Waals surface area contributed by atoms with Crippen molar-refractivity contribution < 1.29 is 9.18 Å². The molecule has 1 saturated heterocycles. The van der Waals surface area contributed by atoms with Crippen molar-refractivity contribution in [3.8, 4) is 11.4 Å². The van der Waals surface area contributed by atoms with E-state index in [9.17, 15) is 9.18 Å². The number of rotatable bonds is 2. The number of carbonyl (C=O) groups is 1. The Morgan fingerprint density at radius 3 is 2.27 bits per heavy atom. The van der Waals surface area contributed by atoms with Crippen molar-refractivity contribution in [2.45, 2.75) is 57.9 Å². The molecule has 3 heterocycles. The second kappa shape index (κ2) is 7.60. The molecule has 2 aromatic rings. The predicted molar refractivity (Wildman–Crippen MR) is 99.5 cm³/mol. The van der Waals surface area contributed by atoms with Crippen molar-refractivity contribution in [2.24, 2.45) is 0 Å². The van der Waals surface area contributed by atoms with Gasteiger partial charge in [-0.1, -0.05) is 19.3 Å². The molecule has 0 aliphatic carbocycles. The molecular formula is C21H26FN3O. The topological polar surface area (TPSA) is 38.1 Å². The van der Waals surface area contributed by atoms with Crippen molar-refractivity contribution in [1.29, 1.82) is 0 Å². The molecule has 4 nitrogen and oxygen atoms in total. The highest BCUT2D eigenvalue weighted by Crippen LogP contribution is 2.28. The van der Waals surface area contributed by atoms with E-state index >= 15 is 0 Å². The van der Waals surface area contributed by atoms with E-state index in [2.05, 4.69) is 4.57 Å². The molecule has 0 radical (unpaired) electrons. The van der Waals surface area contributed by atoms with Crippen LogP contribution in [0, 0.1) is 5.82 Å².